The number of amides is 1. The lowest BCUT2D eigenvalue weighted by molar-refractivity contribution is -0.137. The first-order chi connectivity index (χ1) is 14.9. The van der Waals surface area contributed by atoms with Crippen molar-refractivity contribution in [3.05, 3.63) is 17.8 Å². The molecule has 8 nitrogen and oxygen atoms in total. The van der Waals surface area contributed by atoms with Crippen LogP contribution in [0.1, 0.15) is 26.3 Å². The van der Waals surface area contributed by atoms with E-state index in [9.17, 15) is 18.0 Å². The molecule has 0 bridgehead atoms. The van der Waals surface area contributed by atoms with E-state index in [-0.39, 0.29) is 24.8 Å². The fourth-order valence-corrected chi connectivity index (χ4v) is 3.13. The lowest BCUT2D eigenvalue weighted by Crippen LogP contribution is -2.49. The van der Waals surface area contributed by atoms with Crippen molar-refractivity contribution in [2.45, 2.75) is 32.5 Å². The fourth-order valence-electron chi connectivity index (χ4n) is 3.13. The predicted octanol–water partition coefficient (Wildman–Crippen LogP) is 3.11. The van der Waals surface area contributed by atoms with Gasteiger partial charge in [-0.2, -0.15) is 13.2 Å². The van der Waals surface area contributed by atoms with Crippen LogP contribution in [0.5, 0.6) is 5.75 Å². The van der Waals surface area contributed by atoms with Gasteiger partial charge in [0.15, 0.2) is 0 Å². The minimum Gasteiger partial charge on any atom is -0.490 e. The van der Waals surface area contributed by atoms with Gasteiger partial charge in [0.2, 0.25) is 0 Å². The van der Waals surface area contributed by atoms with E-state index >= 15 is 0 Å². The van der Waals surface area contributed by atoms with E-state index < -0.39 is 23.4 Å². The number of ether oxygens (including phenoxy) is 3. The number of rotatable bonds is 8. The van der Waals surface area contributed by atoms with Crippen LogP contribution in [0.4, 0.5) is 23.8 Å². The molecule has 11 heteroatoms. The molecule has 0 saturated carbocycles. The van der Waals surface area contributed by atoms with Crippen LogP contribution in [-0.2, 0) is 15.7 Å². The molecule has 1 saturated heterocycles. The Bertz CT molecular complexity index is 748. The zero-order chi connectivity index (χ0) is 23.9. The van der Waals surface area contributed by atoms with Crippen molar-refractivity contribution in [1.82, 2.24) is 14.8 Å². The van der Waals surface area contributed by atoms with Crippen molar-refractivity contribution >= 4 is 11.9 Å². The van der Waals surface area contributed by atoms with Crippen molar-refractivity contribution in [1.29, 1.82) is 0 Å². The smallest absolute Gasteiger partial charge is 0.420 e. The fraction of sp³-hybridized carbons (Fsp3) is 0.714. The standard InChI is InChI=1S/C21H33F3N4O4/c1-20(2,3)32-19(29)26(4)6-7-27-8-10-28(11-9-27)18-17(21(22,23)24)14-16(15-25-18)31-13-12-30-5/h14-15H,6-13H2,1-5H3. The summed E-state index contributed by atoms with van der Waals surface area (Å²) in [6.07, 6.45) is -3.64. The lowest BCUT2D eigenvalue weighted by Gasteiger charge is -2.37. The van der Waals surface area contributed by atoms with Crippen molar-refractivity contribution in [2.75, 3.05) is 71.5 Å². The average molecular weight is 463 g/mol. The van der Waals surface area contributed by atoms with E-state index in [0.29, 0.717) is 39.3 Å². The molecule has 1 fully saturated rings. The van der Waals surface area contributed by atoms with E-state index in [1.165, 1.54) is 18.2 Å². The van der Waals surface area contributed by atoms with Gasteiger partial charge in [0.05, 0.1) is 12.8 Å². The van der Waals surface area contributed by atoms with Crippen molar-refractivity contribution in [3.63, 3.8) is 0 Å². The Kier molecular flexibility index (Phi) is 8.97. The number of carbonyl (C=O) groups excluding carboxylic acids is 1. The van der Waals surface area contributed by atoms with Crippen LogP contribution < -0.4 is 9.64 Å². The molecule has 1 aliphatic rings. The number of aromatic nitrogens is 1. The Labute approximate surface area is 187 Å². The largest absolute Gasteiger partial charge is 0.490 e. The quantitative estimate of drug-likeness (QED) is 0.550. The van der Waals surface area contributed by atoms with Crippen LogP contribution in [0.25, 0.3) is 0 Å². The molecule has 1 aromatic heterocycles. The van der Waals surface area contributed by atoms with E-state index in [2.05, 4.69) is 9.88 Å². The second kappa shape index (κ2) is 11.0. The SMILES string of the molecule is COCCOc1cnc(N2CCN(CCN(C)C(=O)OC(C)(C)C)CC2)c(C(F)(F)F)c1. The van der Waals surface area contributed by atoms with Gasteiger partial charge in [0.1, 0.15) is 29.3 Å². The van der Waals surface area contributed by atoms with E-state index in [4.69, 9.17) is 14.2 Å². The summed E-state index contributed by atoms with van der Waals surface area (Å²) in [5.74, 6) is -0.0379. The van der Waals surface area contributed by atoms with Crippen LogP contribution in [0, 0.1) is 0 Å². The molecule has 0 atom stereocenters. The van der Waals surface area contributed by atoms with Gasteiger partial charge in [-0.25, -0.2) is 9.78 Å². The Hall–Kier alpha value is -2.27. The van der Waals surface area contributed by atoms with Gasteiger partial charge in [-0.15, -0.1) is 0 Å². The zero-order valence-corrected chi connectivity index (χ0v) is 19.4. The summed E-state index contributed by atoms with van der Waals surface area (Å²) in [5.41, 5.74) is -1.38. The molecule has 0 radical (unpaired) electrons. The van der Waals surface area contributed by atoms with E-state index in [1.54, 1.807) is 32.7 Å². The predicted molar refractivity (Wildman–Crippen MR) is 114 cm³/mol. The van der Waals surface area contributed by atoms with Crippen LogP contribution in [-0.4, -0.2) is 93.1 Å². The molecule has 0 unspecified atom stereocenters. The number of halogens is 3. The molecular formula is C21H33F3N4O4. The second-order valence-electron chi connectivity index (χ2n) is 8.61. The van der Waals surface area contributed by atoms with Crippen molar-refractivity contribution in [2.24, 2.45) is 0 Å². The monoisotopic (exact) mass is 462 g/mol. The van der Waals surface area contributed by atoms with Crippen molar-refractivity contribution in [3.8, 4) is 5.75 Å². The summed E-state index contributed by atoms with van der Waals surface area (Å²) in [5, 5.41) is 0. The number of likely N-dealkylation sites (N-methyl/N-ethyl adjacent to an activating group) is 1. The summed E-state index contributed by atoms with van der Waals surface area (Å²) in [6.45, 7) is 8.83. The number of piperazine rings is 1. The number of anilines is 1. The summed E-state index contributed by atoms with van der Waals surface area (Å²) < 4.78 is 56.4. The highest BCUT2D eigenvalue weighted by Gasteiger charge is 2.37. The Morgan fingerprint density at radius 2 is 1.81 bits per heavy atom. The lowest BCUT2D eigenvalue weighted by atomic mass is 10.2. The number of alkyl halides is 3. The number of carbonyl (C=O) groups is 1. The van der Waals surface area contributed by atoms with Gasteiger partial charge >= 0.3 is 12.3 Å². The van der Waals surface area contributed by atoms with Gasteiger partial charge in [-0.3, -0.25) is 4.90 Å². The molecule has 1 aromatic rings. The number of nitrogens with zero attached hydrogens (tertiary/aromatic N) is 4. The number of hydrogen-bond acceptors (Lipinski definition) is 7. The number of pyridine rings is 1. The summed E-state index contributed by atoms with van der Waals surface area (Å²) >= 11 is 0. The zero-order valence-electron chi connectivity index (χ0n) is 19.4. The van der Waals surface area contributed by atoms with Crippen LogP contribution >= 0.6 is 0 Å². The van der Waals surface area contributed by atoms with Gasteiger partial charge in [-0.05, 0) is 26.8 Å². The Morgan fingerprint density at radius 1 is 1.16 bits per heavy atom. The topological polar surface area (TPSA) is 67.4 Å². The number of hydrogen-bond donors (Lipinski definition) is 0. The molecule has 182 valence electrons. The minimum atomic E-state index is -4.55. The molecule has 1 amide bonds. The maximum absolute atomic E-state index is 13.6. The van der Waals surface area contributed by atoms with Crippen LogP contribution in [0.15, 0.2) is 12.3 Å². The summed E-state index contributed by atoms with van der Waals surface area (Å²) in [7, 11) is 3.15. The molecule has 0 aliphatic carbocycles. The van der Waals surface area contributed by atoms with Crippen molar-refractivity contribution < 1.29 is 32.2 Å². The molecule has 32 heavy (non-hydrogen) atoms. The third kappa shape index (κ3) is 8.01. The summed E-state index contributed by atoms with van der Waals surface area (Å²) in [4.78, 5) is 21.4. The van der Waals surface area contributed by atoms with Gasteiger partial charge in [0.25, 0.3) is 0 Å². The van der Waals surface area contributed by atoms with Gasteiger partial charge in [0, 0.05) is 53.4 Å². The molecule has 2 heterocycles. The maximum Gasteiger partial charge on any atom is 0.420 e. The highest BCUT2D eigenvalue weighted by atomic mass is 19.4. The normalized spacial score (nSPS) is 15.6. The second-order valence-corrected chi connectivity index (χ2v) is 8.61. The molecule has 0 spiro atoms. The third-order valence-corrected chi connectivity index (χ3v) is 4.83. The average Bonchev–Trinajstić information content (AvgIpc) is 2.70. The highest BCUT2D eigenvalue weighted by Crippen LogP contribution is 2.37. The van der Waals surface area contributed by atoms with Crippen LogP contribution in [0.3, 0.4) is 0 Å². The third-order valence-electron chi connectivity index (χ3n) is 4.83. The first kappa shape index (κ1) is 26.0. The van der Waals surface area contributed by atoms with Gasteiger partial charge in [-0.1, -0.05) is 0 Å². The maximum atomic E-state index is 13.6. The van der Waals surface area contributed by atoms with Crippen LogP contribution in [0.2, 0.25) is 0 Å². The molecular weight excluding hydrogens is 429 g/mol. The number of methoxy groups -OCH3 is 1. The Morgan fingerprint density at radius 3 is 2.38 bits per heavy atom. The molecule has 0 N–H and O–H groups in total. The van der Waals surface area contributed by atoms with E-state index in [1.807, 2.05) is 0 Å². The first-order valence-electron chi connectivity index (χ1n) is 10.5. The van der Waals surface area contributed by atoms with Gasteiger partial charge < -0.3 is 24.0 Å². The molecule has 2 rings (SSSR count). The highest BCUT2D eigenvalue weighted by molar-refractivity contribution is 5.67. The van der Waals surface area contributed by atoms with E-state index in [0.717, 1.165) is 6.07 Å². The molecule has 1 aliphatic heterocycles. The first-order valence-corrected chi connectivity index (χ1v) is 10.5. The minimum absolute atomic E-state index is 0.0574. The summed E-state index contributed by atoms with van der Waals surface area (Å²) in [6, 6.07) is 0.986. The molecule has 0 aromatic carbocycles. The Balaban J connectivity index is 1.94.